The van der Waals surface area contributed by atoms with Gasteiger partial charge in [-0.05, 0) is 18.2 Å². The Bertz CT molecular complexity index is 407. The Morgan fingerprint density at radius 2 is 2.23 bits per heavy atom. The molecule has 64 valence electrons. The average Bonchev–Trinajstić information content (AvgIpc) is 2.16. The van der Waals surface area contributed by atoms with Crippen LogP contribution < -0.4 is 5.73 Å². The molecule has 0 aliphatic carbocycles. The third-order valence-electron chi connectivity index (χ3n) is 1.42. The van der Waals surface area contributed by atoms with E-state index in [0.717, 1.165) is 6.07 Å². The van der Waals surface area contributed by atoms with E-state index in [9.17, 15) is 4.39 Å². The molecule has 0 bridgehead atoms. The summed E-state index contributed by atoms with van der Waals surface area (Å²) in [5.41, 5.74) is 5.69. The van der Waals surface area contributed by atoms with Gasteiger partial charge < -0.3 is 5.73 Å². The second kappa shape index (κ2) is 4.25. The van der Waals surface area contributed by atoms with Crippen molar-refractivity contribution in [2.24, 2.45) is 5.73 Å². The number of benzene rings is 1. The van der Waals surface area contributed by atoms with E-state index in [1.807, 2.05) is 6.07 Å². The van der Waals surface area contributed by atoms with Crippen LogP contribution in [0.25, 0.3) is 0 Å². The summed E-state index contributed by atoms with van der Waals surface area (Å²) in [4.78, 5) is 0. The van der Waals surface area contributed by atoms with Crippen LogP contribution in [-0.2, 0) is 0 Å². The molecule has 3 heteroatoms. The Labute approximate surface area is 75.8 Å². The maximum absolute atomic E-state index is 13.1. The van der Waals surface area contributed by atoms with Gasteiger partial charge >= 0.3 is 0 Å². The van der Waals surface area contributed by atoms with Crippen molar-refractivity contribution in [1.82, 2.24) is 0 Å². The molecule has 0 aromatic heterocycles. The summed E-state index contributed by atoms with van der Waals surface area (Å²) in [6.07, 6.45) is 0. The molecule has 0 atom stereocenters. The molecular formula is C10H7FN2. The van der Waals surface area contributed by atoms with Crippen molar-refractivity contribution in [3.63, 3.8) is 0 Å². The largest absolute Gasteiger partial charge is 0.320 e. The Morgan fingerprint density at radius 3 is 2.77 bits per heavy atom. The minimum absolute atomic E-state index is 0.194. The van der Waals surface area contributed by atoms with Crippen molar-refractivity contribution in [3.8, 4) is 17.9 Å². The van der Waals surface area contributed by atoms with Crippen molar-refractivity contribution in [2.75, 3.05) is 6.54 Å². The molecule has 0 aliphatic heterocycles. The van der Waals surface area contributed by atoms with Gasteiger partial charge in [-0.25, -0.2) is 4.39 Å². The van der Waals surface area contributed by atoms with Crippen LogP contribution in [0.2, 0.25) is 0 Å². The SMILES string of the molecule is N#Cc1ccc(C#CCN)c(F)c1. The van der Waals surface area contributed by atoms with E-state index in [-0.39, 0.29) is 17.7 Å². The monoisotopic (exact) mass is 174 g/mol. The number of nitriles is 1. The normalized spacial score (nSPS) is 8.38. The first kappa shape index (κ1) is 9.25. The Balaban J connectivity index is 3.07. The maximum Gasteiger partial charge on any atom is 0.140 e. The number of nitrogens with zero attached hydrogens (tertiary/aromatic N) is 1. The zero-order valence-corrected chi connectivity index (χ0v) is 6.84. The van der Waals surface area contributed by atoms with Crippen LogP contribution in [0.4, 0.5) is 4.39 Å². The van der Waals surface area contributed by atoms with Crippen LogP contribution in [0.5, 0.6) is 0 Å². The summed E-state index contributed by atoms with van der Waals surface area (Å²) < 4.78 is 13.1. The molecule has 1 rings (SSSR count). The highest BCUT2D eigenvalue weighted by molar-refractivity contribution is 5.41. The predicted octanol–water partition coefficient (Wildman–Crippen LogP) is 1.01. The van der Waals surface area contributed by atoms with E-state index in [4.69, 9.17) is 11.0 Å². The third-order valence-corrected chi connectivity index (χ3v) is 1.42. The van der Waals surface area contributed by atoms with Crippen molar-refractivity contribution in [1.29, 1.82) is 5.26 Å². The smallest absolute Gasteiger partial charge is 0.140 e. The minimum atomic E-state index is -0.486. The maximum atomic E-state index is 13.1. The molecule has 0 saturated carbocycles. The molecule has 13 heavy (non-hydrogen) atoms. The quantitative estimate of drug-likeness (QED) is 0.596. The van der Waals surface area contributed by atoms with Gasteiger partial charge in [-0.1, -0.05) is 11.8 Å². The van der Waals surface area contributed by atoms with Gasteiger partial charge in [0.1, 0.15) is 5.82 Å². The minimum Gasteiger partial charge on any atom is -0.320 e. The van der Waals surface area contributed by atoms with Gasteiger partial charge in [-0.15, -0.1) is 0 Å². The fraction of sp³-hybridized carbons (Fsp3) is 0.100. The standard InChI is InChI=1S/C10H7FN2/c11-10-6-8(7-13)3-4-9(10)2-1-5-12/h3-4,6H,5,12H2. The van der Waals surface area contributed by atoms with Gasteiger partial charge in [0.25, 0.3) is 0 Å². The lowest BCUT2D eigenvalue weighted by Crippen LogP contribution is -1.93. The van der Waals surface area contributed by atoms with Crippen LogP contribution in [0.3, 0.4) is 0 Å². The molecule has 1 aromatic carbocycles. The molecule has 0 fully saturated rings. The number of hydrogen-bond donors (Lipinski definition) is 1. The zero-order valence-electron chi connectivity index (χ0n) is 6.84. The number of halogens is 1. The molecule has 1 aromatic rings. The lowest BCUT2D eigenvalue weighted by molar-refractivity contribution is 0.624. The summed E-state index contributed by atoms with van der Waals surface area (Å²) >= 11 is 0. The number of rotatable bonds is 0. The lowest BCUT2D eigenvalue weighted by atomic mass is 10.1. The molecule has 0 amide bonds. The van der Waals surface area contributed by atoms with Crippen LogP contribution >= 0.6 is 0 Å². The first-order chi connectivity index (χ1) is 6.27. The molecule has 2 nitrogen and oxygen atoms in total. The van der Waals surface area contributed by atoms with Gasteiger partial charge in [0.05, 0.1) is 23.7 Å². The van der Waals surface area contributed by atoms with Crippen molar-refractivity contribution in [2.45, 2.75) is 0 Å². The van der Waals surface area contributed by atoms with Gasteiger partial charge in [-0.2, -0.15) is 5.26 Å². The second-order valence-corrected chi connectivity index (χ2v) is 2.31. The van der Waals surface area contributed by atoms with Crippen LogP contribution in [-0.4, -0.2) is 6.54 Å². The van der Waals surface area contributed by atoms with E-state index >= 15 is 0 Å². The first-order valence-corrected chi connectivity index (χ1v) is 3.66. The highest BCUT2D eigenvalue weighted by Gasteiger charge is 1.99. The Morgan fingerprint density at radius 1 is 1.46 bits per heavy atom. The molecule has 2 N–H and O–H groups in total. The van der Waals surface area contributed by atoms with E-state index in [0.29, 0.717) is 0 Å². The van der Waals surface area contributed by atoms with Crippen molar-refractivity contribution < 1.29 is 4.39 Å². The first-order valence-electron chi connectivity index (χ1n) is 3.66. The van der Waals surface area contributed by atoms with E-state index in [2.05, 4.69) is 11.8 Å². The Hall–Kier alpha value is -1.84. The van der Waals surface area contributed by atoms with Crippen molar-refractivity contribution in [3.05, 3.63) is 35.1 Å². The summed E-state index contributed by atoms with van der Waals surface area (Å²) in [5, 5.41) is 8.46. The van der Waals surface area contributed by atoms with Crippen molar-refractivity contribution >= 4 is 0 Å². The molecule has 0 spiro atoms. The third kappa shape index (κ3) is 2.30. The Kier molecular flexibility index (Phi) is 3.03. The van der Waals surface area contributed by atoms with Crippen LogP contribution in [0, 0.1) is 29.0 Å². The van der Waals surface area contributed by atoms with E-state index in [1.165, 1.54) is 12.1 Å². The molecular weight excluding hydrogens is 167 g/mol. The van der Waals surface area contributed by atoms with Gasteiger partial charge in [0.15, 0.2) is 0 Å². The molecule has 0 aliphatic rings. The molecule has 0 radical (unpaired) electrons. The molecule has 0 heterocycles. The number of nitrogens with two attached hydrogens (primary N) is 1. The predicted molar refractivity (Wildman–Crippen MR) is 47.0 cm³/mol. The van der Waals surface area contributed by atoms with Crippen LogP contribution in [0.1, 0.15) is 11.1 Å². The zero-order chi connectivity index (χ0) is 9.68. The highest BCUT2D eigenvalue weighted by Crippen LogP contribution is 2.08. The van der Waals surface area contributed by atoms with E-state index in [1.54, 1.807) is 0 Å². The van der Waals surface area contributed by atoms with Gasteiger partial charge in [0, 0.05) is 0 Å². The summed E-state index contributed by atoms with van der Waals surface area (Å²) in [7, 11) is 0. The van der Waals surface area contributed by atoms with Gasteiger partial charge in [-0.3, -0.25) is 0 Å². The fourth-order valence-electron chi connectivity index (χ4n) is 0.832. The fourth-order valence-corrected chi connectivity index (χ4v) is 0.832. The summed E-state index contributed by atoms with van der Waals surface area (Å²) in [6, 6.07) is 5.98. The average molecular weight is 174 g/mol. The molecule has 0 saturated heterocycles. The topological polar surface area (TPSA) is 49.8 Å². The number of hydrogen-bond acceptors (Lipinski definition) is 2. The van der Waals surface area contributed by atoms with E-state index < -0.39 is 5.82 Å². The van der Waals surface area contributed by atoms with Crippen LogP contribution in [0.15, 0.2) is 18.2 Å². The highest BCUT2D eigenvalue weighted by atomic mass is 19.1. The summed E-state index contributed by atoms with van der Waals surface area (Å²) in [6.45, 7) is 0.194. The summed E-state index contributed by atoms with van der Waals surface area (Å²) in [5.74, 6) is 4.62. The van der Waals surface area contributed by atoms with Gasteiger partial charge in [0.2, 0.25) is 0 Å². The second-order valence-electron chi connectivity index (χ2n) is 2.31. The lowest BCUT2D eigenvalue weighted by Gasteiger charge is -1.93. The molecule has 0 unspecified atom stereocenters.